The molecule has 0 aliphatic heterocycles. The van der Waals surface area contributed by atoms with Crippen LogP contribution in [0, 0.1) is 12.7 Å². The third-order valence-electron chi connectivity index (χ3n) is 2.62. The first kappa shape index (κ1) is 12.3. The molecular formula is C13H14FN3O. The summed E-state index contributed by atoms with van der Waals surface area (Å²) in [5, 5.41) is 6.84. The van der Waals surface area contributed by atoms with Crippen molar-refractivity contribution in [3.63, 3.8) is 0 Å². The molecule has 0 aliphatic carbocycles. The maximum atomic E-state index is 12.7. The Bertz CT molecular complexity index is 560. The molecule has 1 N–H and O–H groups in total. The van der Waals surface area contributed by atoms with Gasteiger partial charge < -0.3 is 5.32 Å². The van der Waals surface area contributed by atoms with Gasteiger partial charge in [0, 0.05) is 17.9 Å². The minimum Gasteiger partial charge on any atom is -0.321 e. The molecule has 1 aromatic carbocycles. The van der Waals surface area contributed by atoms with E-state index in [1.165, 1.54) is 24.3 Å². The second kappa shape index (κ2) is 5.00. The van der Waals surface area contributed by atoms with Crippen LogP contribution in [0.4, 0.5) is 10.1 Å². The molecule has 1 aromatic heterocycles. The molecule has 4 nitrogen and oxygen atoms in total. The molecular weight excluding hydrogens is 233 g/mol. The van der Waals surface area contributed by atoms with Crippen LogP contribution in [0.3, 0.4) is 0 Å². The topological polar surface area (TPSA) is 46.9 Å². The maximum Gasteiger partial charge on any atom is 0.276 e. The SMILES string of the molecule is CCn1nc(C(=O)Nc2ccc(F)cc2)cc1C. The van der Waals surface area contributed by atoms with Crippen LogP contribution in [0.2, 0.25) is 0 Å². The number of hydrogen-bond acceptors (Lipinski definition) is 2. The van der Waals surface area contributed by atoms with E-state index < -0.39 is 0 Å². The van der Waals surface area contributed by atoms with E-state index in [1.807, 2.05) is 13.8 Å². The van der Waals surface area contributed by atoms with Crippen LogP contribution in [0.1, 0.15) is 23.1 Å². The average Bonchev–Trinajstić information content (AvgIpc) is 2.73. The van der Waals surface area contributed by atoms with Crippen molar-refractivity contribution in [2.24, 2.45) is 0 Å². The van der Waals surface area contributed by atoms with Gasteiger partial charge in [-0.05, 0) is 44.2 Å². The fourth-order valence-corrected chi connectivity index (χ4v) is 1.67. The van der Waals surface area contributed by atoms with Crippen LogP contribution in [0.25, 0.3) is 0 Å². The highest BCUT2D eigenvalue weighted by molar-refractivity contribution is 6.02. The summed E-state index contributed by atoms with van der Waals surface area (Å²) >= 11 is 0. The van der Waals surface area contributed by atoms with Gasteiger partial charge >= 0.3 is 0 Å². The Hall–Kier alpha value is -2.17. The number of halogens is 1. The predicted molar refractivity (Wildman–Crippen MR) is 67.0 cm³/mol. The summed E-state index contributed by atoms with van der Waals surface area (Å²) in [4.78, 5) is 11.9. The number of aryl methyl sites for hydroxylation is 2. The number of anilines is 1. The van der Waals surface area contributed by atoms with E-state index in [0.717, 1.165) is 12.2 Å². The van der Waals surface area contributed by atoms with Gasteiger partial charge in [0.15, 0.2) is 5.69 Å². The van der Waals surface area contributed by atoms with E-state index >= 15 is 0 Å². The highest BCUT2D eigenvalue weighted by Crippen LogP contribution is 2.11. The Morgan fingerprint density at radius 2 is 2.06 bits per heavy atom. The lowest BCUT2D eigenvalue weighted by Gasteiger charge is -2.02. The smallest absolute Gasteiger partial charge is 0.276 e. The number of nitrogens with one attached hydrogen (secondary N) is 1. The zero-order valence-corrected chi connectivity index (χ0v) is 10.3. The summed E-state index contributed by atoms with van der Waals surface area (Å²) in [5.41, 5.74) is 1.84. The first-order valence-corrected chi connectivity index (χ1v) is 5.71. The minimum atomic E-state index is -0.334. The standard InChI is InChI=1S/C13H14FN3O/c1-3-17-9(2)8-12(16-17)13(18)15-11-6-4-10(14)5-7-11/h4-8H,3H2,1-2H3,(H,15,18). The molecule has 94 valence electrons. The van der Waals surface area contributed by atoms with Crippen molar-refractivity contribution in [1.29, 1.82) is 0 Å². The predicted octanol–water partition coefficient (Wildman–Crippen LogP) is 2.60. The van der Waals surface area contributed by atoms with Gasteiger partial charge in [-0.15, -0.1) is 0 Å². The average molecular weight is 247 g/mol. The molecule has 0 spiro atoms. The van der Waals surface area contributed by atoms with Gasteiger partial charge in [0.2, 0.25) is 0 Å². The van der Waals surface area contributed by atoms with Crippen molar-refractivity contribution >= 4 is 11.6 Å². The van der Waals surface area contributed by atoms with E-state index in [0.29, 0.717) is 11.4 Å². The van der Waals surface area contributed by atoms with Crippen molar-refractivity contribution in [1.82, 2.24) is 9.78 Å². The molecule has 0 unspecified atom stereocenters. The largest absolute Gasteiger partial charge is 0.321 e. The van der Waals surface area contributed by atoms with Crippen LogP contribution in [0.15, 0.2) is 30.3 Å². The summed E-state index contributed by atoms with van der Waals surface area (Å²) < 4.78 is 14.5. The highest BCUT2D eigenvalue weighted by Gasteiger charge is 2.11. The quantitative estimate of drug-likeness (QED) is 0.906. The van der Waals surface area contributed by atoms with E-state index in [-0.39, 0.29) is 11.7 Å². The zero-order valence-electron chi connectivity index (χ0n) is 10.3. The molecule has 1 heterocycles. The molecule has 1 amide bonds. The van der Waals surface area contributed by atoms with Gasteiger partial charge in [-0.2, -0.15) is 5.10 Å². The summed E-state index contributed by atoms with van der Waals surface area (Å²) in [6, 6.07) is 7.34. The fourth-order valence-electron chi connectivity index (χ4n) is 1.67. The normalized spacial score (nSPS) is 10.4. The number of aromatic nitrogens is 2. The third kappa shape index (κ3) is 2.56. The number of hydrogen-bond donors (Lipinski definition) is 1. The third-order valence-corrected chi connectivity index (χ3v) is 2.62. The van der Waals surface area contributed by atoms with Crippen LogP contribution in [-0.4, -0.2) is 15.7 Å². The molecule has 18 heavy (non-hydrogen) atoms. The van der Waals surface area contributed by atoms with Crippen molar-refractivity contribution < 1.29 is 9.18 Å². The number of nitrogens with zero attached hydrogens (tertiary/aromatic N) is 2. The van der Waals surface area contributed by atoms with Gasteiger partial charge in [-0.1, -0.05) is 0 Å². The van der Waals surface area contributed by atoms with Crippen LogP contribution >= 0.6 is 0 Å². The van der Waals surface area contributed by atoms with Crippen molar-refractivity contribution in [2.75, 3.05) is 5.32 Å². The minimum absolute atomic E-state index is 0.295. The summed E-state index contributed by atoms with van der Waals surface area (Å²) in [6.45, 7) is 4.57. The lowest BCUT2D eigenvalue weighted by Crippen LogP contribution is -2.13. The van der Waals surface area contributed by atoms with Crippen LogP contribution in [0.5, 0.6) is 0 Å². The maximum absolute atomic E-state index is 12.7. The Morgan fingerprint density at radius 3 is 2.61 bits per heavy atom. The van der Waals surface area contributed by atoms with Gasteiger partial charge in [0.1, 0.15) is 5.82 Å². The molecule has 0 aliphatic rings. The van der Waals surface area contributed by atoms with Crippen LogP contribution in [-0.2, 0) is 6.54 Å². The molecule has 0 saturated heterocycles. The molecule has 2 aromatic rings. The van der Waals surface area contributed by atoms with Crippen molar-refractivity contribution in [3.05, 3.63) is 47.5 Å². The van der Waals surface area contributed by atoms with Crippen LogP contribution < -0.4 is 5.32 Å². The Morgan fingerprint density at radius 1 is 1.39 bits per heavy atom. The molecule has 0 bridgehead atoms. The second-order valence-electron chi connectivity index (χ2n) is 3.95. The Labute approximate surface area is 104 Å². The van der Waals surface area contributed by atoms with Gasteiger partial charge in [-0.3, -0.25) is 9.48 Å². The van der Waals surface area contributed by atoms with Gasteiger partial charge in [-0.25, -0.2) is 4.39 Å². The first-order chi connectivity index (χ1) is 8.60. The summed E-state index contributed by atoms with van der Waals surface area (Å²) in [7, 11) is 0. The Balaban J connectivity index is 2.14. The van der Waals surface area contributed by atoms with Crippen molar-refractivity contribution in [3.8, 4) is 0 Å². The summed E-state index contributed by atoms with van der Waals surface area (Å²) in [5.74, 6) is -0.629. The zero-order chi connectivity index (χ0) is 13.1. The first-order valence-electron chi connectivity index (χ1n) is 5.71. The molecule has 0 radical (unpaired) electrons. The van der Waals surface area contributed by atoms with E-state index in [4.69, 9.17) is 0 Å². The Kier molecular flexibility index (Phi) is 3.41. The molecule has 0 saturated carbocycles. The number of carbonyl (C=O) groups excluding carboxylic acids is 1. The van der Waals surface area contributed by atoms with Gasteiger partial charge in [0.05, 0.1) is 0 Å². The fraction of sp³-hybridized carbons (Fsp3) is 0.231. The lowest BCUT2D eigenvalue weighted by atomic mass is 10.3. The van der Waals surface area contributed by atoms with E-state index in [2.05, 4.69) is 10.4 Å². The number of rotatable bonds is 3. The number of benzene rings is 1. The monoisotopic (exact) mass is 247 g/mol. The number of carbonyl (C=O) groups is 1. The lowest BCUT2D eigenvalue weighted by molar-refractivity contribution is 0.102. The number of amides is 1. The van der Waals surface area contributed by atoms with E-state index in [9.17, 15) is 9.18 Å². The highest BCUT2D eigenvalue weighted by atomic mass is 19.1. The second-order valence-corrected chi connectivity index (χ2v) is 3.95. The molecule has 0 atom stereocenters. The molecule has 2 rings (SSSR count). The van der Waals surface area contributed by atoms with E-state index in [1.54, 1.807) is 10.7 Å². The summed E-state index contributed by atoms with van der Waals surface area (Å²) in [6.07, 6.45) is 0. The molecule has 0 fully saturated rings. The molecule has 5 heteroatoms. The van der Waals surface area contributed by atoms with Gasteiger partial charge in [0.25, 0.3) is 5.91 Å². The van der Waals surface area contributed by atoms with Crippen molar-refractivity contribution in [2.45, 2.75) is 20.4 Å².